The summed E-state index contributed by atoms with van der Waals surface area (Å²) < 4.78 is 1.90. The Morgan fingerprint density at radius 2 is 2.16 bits per heavy atom. The van der Waals surface area contributed by atoms with E-state index in [9.17, 15) is 0 Å². The normalized spacial score (nSPS) is 27.7. The molecule has 0 amide bonds. The van der Waals surface area contributed by atoms with E-state index in [1.54, 1.807) is 0 Å². The van der Waals surface area contributed by atoms with Crippen molar-refractivity contribution in [3.63, 3.8) is 0 Å². The highest BCUT2D eigenvalue weighted by Gasteiger charge is 2.35. The quantitative estimate of drug-likeness (QED) is 0.922. The van der Waals surface area contributed by atoms with Crippen molar-refractivity contribution in [1.29, 1.82) is 0 Å². The van der Waals surface area contributed by atoms with E-state index in [2.05, 4.69) is 15.3 Å². The molecule has 3 rings (SSSR count). The Morgan fingerprint density at radius 3 is 2.89 bits per heavy atom. The largest absolute Gasteiger partial charge is 0.307 e. The first kappa shape index (κ1) is 13.4. The van der Waals surface area contributed by atoms with Crippen LogP contribution in [0.2, 0.25) is 5.02 Å². The Bertz CT molecular complexity index is 457. The van der Waals surface area contributed by atoms with Gasteiger partial charge in [-0.3, -0.25) is 9.58 Å². The van der Waals surface area contributed by atoms with Crippen molar-refractivity contribution in [2.24, 2.45) is 7.05 Å². The standard InChI is InChI=1S/C14H23ClN4/c1-10-14(15)13(18(2)17-10)9-16-11-6-8-19-7-4-3-5-12(11)19/h11-12,16H,3-9H2,1-2H3. The number of hydrogen-bond acceptors (Lipinski definition) is 3. The molecule has 0 aromatic carbocycles. The molecule has 0 spiro atoms. The fourth-order valence-electron chi connectivity index (χ4n) is 3.59. The lowest BCUT2D eigenvalue weighted by molar-refractivity contribution is 0.180. The first-order valence-corrected chi connectivity index (χ1v) is 7.70. The lowest BCUT2D eigenvalue weighted by Gasteiger charge is -2.32. The van der Waals surface area contributed by atoms with E-state index in [4.69, 9.17) is 11.6 Å². The number of nitrogens with zero attached hydrogens (tertiary/aromatic N) is 3. The molecule has 19 heavy (non-hydrogen) atoms. The molecule has 2 atom stereocenters. The van der Waals surface area contributed by atoms with Gasteiger partial charge in [-0.15, -0.1) is 0 Å². The minimum Gasteiger partial charge on any atom is -0.307 e. The minimum atomic E-state index is 0.617. The Labute approximate surface area is 120 Å². The number of halogens is 1. The molecule has 0 aliphatic carbocycles. The van der Waals surface area contributed by atoms with Crippen molar-refractivity contribution in [2.45, 2.75) is 51.2 Å². The van der Waals surface area contributed by atoms with E-state index in [1.165, 1.54) is 38.8 Å². The third-order valence-corrected chi connectivity index (χ3v) is 5.14. The highest BCUT2D eigenvalue weighted by molar-refractivity contribution is 6.31. The average molecular weight is 283 g/mol. The van der Waals surface area contributed by atoms with Crippen molar-refractivity contribution in [2.75, 3.05) is 13.1 Å². The van der Waals surface area contributed by atoms with Gasteiger partial charge in [-0.05, 0) is 32.7 Å². The van der Waals surface area contributed by atoms with Crippen molar-refractivity contribution in [1.82, 2.24) is 20.0 Å². The Hall–Kier alpha value is -0.580. The van der Waals surface area contributed by atoms with Gasteiger partial charge < -0.3 is 5.32 Å². The lowest BCUT2D eigenvalue weighted by atomic mass is 9.99. The van der Waals surface area contributed by atoms with Gasteiger partial charge in [0.25, 0.3) is 0 Å². The third kappa shape index (κ3) is 2.54. The molecule has 2 unspecified atom stereocenters. The van der Waals surface area contributed by atoms with Crippen LogP contribution >= 0.6 is 11.6 Å². The molecule has 0 saturated carbocycles. The van der Waals surface area contributed by atoms with Crippen LogP contribution in [0.25, 0.3) is 0 Å². The Morgan fingerprint density at radius 1 is 1.32 bits per heavy atom. The molecule has 2 saturated heterocycles. The van der Waals surface area contributed by atoms with Gasteiger partial charge in [-0.25, -0.2) is 0 Å². The predicted molar refractivity (Wildman–Crippen MR) is 77.4 cm³/mol. The van der Waals surface area contributed by atoms with Crippen molar-refractivity contribution in [3.05, 3.63) is 16.4 Å². The van der Waals surface area contributed by atoms with Crippen LogP contribution in [0.15, 0.2) is 0 Å². The molecule has 1 N–H and O–H groups in total. The summed E-state index contributed by atoms with van der Waals surface area (Å²) in [5.74, 6) is 0. The molecule has 1 aromatic rings. The van der Waals surface area contributed by atoms with E-state index in [0.29, 0.717) is 6.04 Å². The van der Waals surface area contributed by atoms with Crippen molar-refractivity contribution < 1.29 is 0 Å². The fraction of sp³-hybridized carbons (Fsp3) is 0.786. The summed E-state index contributed by atoms with van der Waals surface area (Å²) in [6, 6.07) is 1.36. The fourth-order valence-corrected chi connectivity index (χ4v) is 3.81. The molecule has 5 heteroatoms. The highest BCUT2D eigenvalue weighted by Crippen LogP contribution is 2.28. The van der Waals surface area contributed by atoms with Crippen LogP contribution < -0.4 is 5.32 Å². The second kappa shape index (κ2) is 5.43. The van der Waals surface area contributed by atoms with Gasteiger partial charge in [-0.1, -0.05) is 18.0 Å². The van der Waals surface area contributed by atoms with Gasteiger partial charge in [0, 0.05) is 32.2 Å². The molecule has 3 heterocycles. The molecule has 0 radical (unpaired) electrons. The van der Waals surface area contributed by atoms with Crippen LogP contribution in [0.4, 0.5) is 0 Å². The van der Waals surface area contributed by atoms with Gasteiger partial charge in [0.05, 0.1) is 16.4 Å². The molecular weight excluding hydrogens is 260 g/mol. The van der Waals surface area contributed by atoms with E-state index >= 15 is 0 Å². The monoisotopic (exact) mass is 282 g/mol. The van der Waals surface area contributed by atoms with Gasteiger partial charge in [-0.2, -0.15) is 5.10 Å². The molecule has 2 aliphatic rings. The molecule has 1 aromatic heterocycles. The van der Waals surface area contributed by atoms with E-state index in [0.717, 1.165) is 29.0 Å². The third-order valence-electron chi connectivity index (χ3n) is 4.65. The second-order valence-corrected chi connectivity index (χ2v) is 6.22. The molecule has 2 fully saturated rings. The van der Waals surface area contributed by atoms with Crippen molar-refractivity contribution >= 4 is 11.6 Å². The summed E-state index contributed by atoms with van der Waals surface area (Å²) in [6.45, 7) is 5.32. The summed E-state index contributed by atoms with van der Waals surface area (Å²) >= 11 is 6.30. The van der Waals surface area contributed by atoms with E-state index < -0.39 is 0 Å². The van der Waals surface area contributed by atoms with Crippen LogP contribution in [-0.4, -0.2) is 39.9 Å². The molecule has 2 aliphatic heterocycles. The topological polar surface area (TPSA) is 33.1 Å². The van der Waals surface area contributed by atoms with E-state index in [-0.39, 0.29) is 0 Å². The Kier molecular flexibility index (Phi) is 3.83. The number of nitrogens with one attached hydrogen (secondary N) is 1. The summed E-state index contributed by atoms with van der Waals surface area (Å²) in [7, 11) is 1.97. The van der Waals surface area contributed by atoms with Crippen LogP contribution in [0.5, 0.6) is 0 Å². The Balaban J connectivity index is 1.63. The van der Waals surface area contributed by atoms with Crippen molar-refractivity contribution in [3.8, 4) is 0 Å². The van der Waals surface area contributed by atoms with Gasteiger partial charge in [0.15, 0.2) is 0 Å². The summed E-state index contributed by atoms with van der Waals surface area (Å²) in [5.41, 5.74) is 2.03. The zero-order valence-corrected chi connectivity index (χ0v) is 12.6. The smallest absolute Gasteiger partial charge is 0.0860 e. The minimum absolute atomic E-state index is 0.617. The molecule has 106 valence electrons. The van der Waals surface area contributed by atoms with Gasteiger partial charge in [0.2, 0.25) is 0 Å². The summed E-state index contributed by atoms with van der Waals surface area (Å²) in [4.78, 5) is 2.65. The van der Waals surface area contributed by atoms with E-state index in [1.807, 2.05) is 18.7 Å². The van der Waals surface area contributed by atoms with Crippen LogP contribution in [0.1, 0.15) is 37.1 Å². The first-order valence-electron chi connectivity index (χ1n) is 7.32. The maximum atomic E-state index is 6.30. The summed E-state index contributed by atoms with van der Waals surface area (Å²) in [6.07, 6.45) is 5.36. The number of aryl methyl sites for hydroxylation is 2. The summed E-state index contributed by atoms with van der Waals surface area (Å²) in [5, 5.41) is 8.89. The predicted octanol–water partition coefficient (Wildman–Crippen LogP) is 2.10. The number of fused-ring (bicyclic) bond motifs is 1. The maximum Gasteiger partial charge on any atom is 0.0860 e. The molecular formula is C14H23ClN4. The number of aromatic nitrogens is 2. The number of hydrogen-bond donors (Lipinski definition) is 1. The van der Waals surface area contributed by atoms with Crippen LogP contribution in [0, 0.1) is 6.92 Å². The van der Waals surface area contributed by atoms with Gasteiger partial charge in [0.1, 0.15) is 0 Å². The number of piperidine rings is 1. The number of rotatable bonds is 3. The van der Waals surface area contributed by atoms with Gasteiger partial charge >= 0.3 is 0 Å². The second-order valence-electron chi connectivity index (χ2n) is 5.84. The molecule has 0 bridgehead atoms. The maximum absolute atomic E-state index is 6.30. The average Bonchev–Trinajstić information content (AvgIpc) is 2.91. The highest BCUT2D eigenvalue weighted by atomic mass is 35.5. The zero-order chi connectivity index (χ0) is 13.4. The first-order chi connectivity index (χ1) is 9.16. The van der Waals surface area contributed by atoms with Crippen LogP contribution in [0.3, 0.4) is 0 Å². The zero-order valence-electron chi connectivity index (χ0n) is 11.8. The SMILES string of the molecule is Cc1nn(C)c(CNC2CCN3CCCCC23)c1Cl. The van der Waals surface area contributed by atoms with Crippen LogP contribution in [-0.2, 0) is 13.6 Å². The molecule has 4 nitrogen and oxygen atoms in total. The lowest BCUT2D eigenvalue weighted by Crippen LogP contribution is -2.44.